The second-order valence-electron chi connectivity index (χ2n) is 1.64. The standard InChI is InChI=1S/C5H3N3S/c1-2-4-5(3-1)9-8-7-6-4/h1-3H. The zero-order chi connectivity index (χ0) is 6.10. The predicted octanol–water partition coefficient (Wildman–Crippen LogP) is 1.04. The Balaban J connectivity index is 2.79. The molecule has 1 aliphatic carbocycles. The van der Waals surface area contributed by atoms with Crippen molar-refractivity contribution in [3.05, 3.63) is 18.2 Å². The Hall–Kier alpha value is -1.03. The summed E-state index contributed by atoms with van der Waals surface area (Å²) >= 11 is 1.36. The molecule has 0 aromatic carbocycles. The molecule has 0 amide bonds. The number of fused-ring (bicyclic) bond motifs is 1. The summed E-state index contributed by atoms with van der Waals surface area (Å²) in [7, 11) is 0. The van der Waals surface area contributed by atoms with Gasteiger partial charge in [-0.05, 0) is 28.9 Å². The van der Waals surface area contributed by atoms with E-state index >= 15 is 0 Å². The molecule has 0 spiro atoms. The lowest BCUT2D eigenvalue weighted by Gasteiger charge is -1.86. The number of hydrogen-bond acceptors (Lipinski definition) is 4. The lowest BCUT2D eigenvalue weighted by atomic mass is 10.5. The average Bonchev–Trinajstić information content (AvgIpc) is 2.33. The third kappa shape index (κ3) is 0.675. The van der Waals surface area contributed by atoms with E-state index in [1.807, 2.05) is 18.2 Å². The van der Waals surface area contributed by atoms with Gasteiger partial charge in [-0.2, -0.15) is 0 Å². The largest absolute Gasteiger partial charge is 0.128 e. The van der Waals surface area contributed by atoms with Crippen molar-refractivity contribution in [3.8, 4) is 10.6 Å². The van der Waals surface area contributed by atoms with Gasteiger partial charge in [-0.1, -0.05) is 10.6 Å². The van der Waals surface area contributed by atoms with E-state index in [1.165, 1.54) is 11.5 Å². The summed E-state index contributed by atoms with van der Waals surface area (Å²) in [6.07, 6.45) is 0. The summed E-state index contributed by atoms with van der Waals surface area (Å²) in [5.74, 6) is 0. The van der Waals surface area contributed by atoms with Crippen LogP contribution >= 0.6 is 11.5 Å². The summed E-state index contributed by atoms with van der Waals surface area (Å²) in [6.45, 7) is 0. The normalized spacial score (nSPS) is 10.2. The smallest absolute Gasteiger partial charge is 0.106 e. The van der Waals surface area contributed by atoms with Crippen LogP contribution in [0.25, 0.3) is 10.6 Å². The van der Waals surface area contributed by atoms with Gasteiger partial charge in [0, 0.05) is 0 Å². The van der Waals surface area contributed by atoms with Gasteiger partial charge in [0.05, 0.1) is 4.88 Å². The zero-order valence-corrected chi connectivity index (χ0v) is 5.30. The van der Waals surface area contributed by atoms with Gasteiger partial charge in [0.15, 0.2) is 0 Å². The maximum absolute atomic E-state index is 3.79. The minimum Gasteiger partial charge on any atom is -0.128 e. The second kappa shape index (κ2) is 1.73. The first kappa shape index (κ1) is 4.81. The van der Waals surface area contributed by atoms with Gasteiger partial charge in [0.2, 0.25) is 0 Å². The van der Waals surface area contributed by atoms with E-state index in [0.29, 0.717) is 0 Å². The Kier molecular flexibility index (Phi) is 0.927. The van der Waals surface area contributed by atoms with Crippen molar-refractivity contribution in [2.45, 2.75) is 0 Å². The zero-order valence-electron chi connectivity index (χ0n) is 4.48. The minimum absolute atomic E-state index is 0.926. The first-order chi connectivity index (χ1) is 4.47. The van der Waals surface area contributed by atoms with Crippen LogP contribution in [0.15, 0.2) is 18.2 Å². The Morgan fingerprint density at radius 3 is 3.22 bits per heavy atom. The second-order valence-corrected chi connectivity index (χ2v) is 2.42. The van der Waals surface area contributed by atoms with E-state index in [-0.39, 0.29) is 0 Å². The van der Waals surface area contributed by atoms with Crippen LogP contribution in [0.2, 0.25) is 0 Å². The van der Waals surface area contributed by atoms with Crippen molar-refractivity contribution in [1.82, 2.24) is 14.8 Å². The molecule has 3 nitrogen and oxygen atoms in total. The maximum Gasteiger partial charge on any atom is 0.106 e. The monoisotopic (exact) mass is 137 g/mol. The fraction of sp³-hybridized carbons (Fsp3) is 0. The van der Waals surface area contributed by atoms with Crippen molar-refractivity contribution in [2.75, 3.05) is 0 Å². The Labute approximate surface area is 55.8 Å². The van der Waals surface area contributed by atoms with E-state index in [4.69, 9.17) is 0 Å². The van der Waals surface area contributed by atoms with Crippen LogP contribution in [0.3, 0.4) is 0 Å². The van der Waals surface area contributed by atoms with Crippen LogP contribution in [0, 0.1) is 0 Å². The first-order valence-electron chi connectivity index (χ1n) is 2.50. The average molecular weight is 137 g/mol. The molecule has 1 aliphatic heterocycles. The molecule has 0 N–H and O–H groups in total. The molecule has 44 valence electrons. The molecular formula is C5H3N3S. The maximum atomic E-state index is 3.79. The molecule has 1 heterocycles. The SMILES string of the molecule is c1cc2nnnsc-2c1. The van der Waals surface area contributed by atoms with Crippen molar-refractivity contribution < 1.29 is 0 Å². The quantitative estimate of drug-likeness (QED) is 0.544. The Morgan fingerprint density at radius 1 is 1.33 bits per heavy atom. The van der Waals surface area contributed by atoms with E-state index < -0.39 is 0 Å². The number of nitrogens with zero attached hydrogens (tertiary/aromatic N) is 3. The van der Waals surface area contributed by atoms with Crippen molar-refractivity contribution in [1.29, 1.82) is 0 Å². The Morgan fingerprint density at radius 2 is 2.33 bits per heavy atom. The van der Waals surface area contributed by atoms with Crippen molar-refractivity contribution in [2.24, 2.45) is 0 Å². The van der Waals surface area contributed by atoms with E-state index in [2.05, 4.69) is 14.8 Å². The fourth-order valence-corrected chi connectivity index (χ4v) is 1.19. The molecule has 0 radical (unpaired) electrons. The van der Waals surface area contributed by atoms with Gasteiger partial charge >= 0.3 is 0 Å². The number of aromatic nitrogens is 3. The van der Waals surface area contributed by atoms with Crippen LogP contribution in [0.5, 0.6) is 0 Å². The molecule has 0 aromatic rings. The molecular weight excluding hydrogens is 134 g/mol. The predicted molar refractivity (Wildman–Crippen MR) is 34.3 cm³/mol. The van der Waals surface area contributed by atoms with Crippen LogP contribution in [0.1, 0.15) is 0 Å². The highest BCUT2D eigenvalue weighted by atomic mass is 32.1. The van der Waals surface area contributed by atoms with Gasteiger partial charge in [0.1, 0.15) is 5.69 Å². The van der Waals surface area contributed by atoms with Crippen molar-refractivity contribution in [3.63, 3.8) is 0 Å². The molecule has 0 unspecified atom stereocenters. The van der Waals surface area contributed by atoms with E-state index in [0.717, 1.165) is 10.6 Å². The van der Waals surface area contributed by atoms with Gasteiger partial charge < -0.3 is 0 Å². The molecule has 0 saturated carbocycles. The van der Waals surface area contributed by atoms with Crippen LogP contribution < -0.4 is 0 Å². The van der Waals surface area contributed by atoms with Gasteiger partial charge in [0.25, 0.3) is 0 Å². The van der Waals surface area contributed by atoms with Gasteiger partial charge in [-0.25, -0.2) is 0 Å². The molecule has 9 heavy (non-hydrogen) atoms. The highest BCUT2D eigenvalue weighted by molar-refractivity contribution is 7.09. The number of rotatable bonds is 0. The molecule has 0 atom stereocenters. The Bertz CT molecular complexity index is 252. The topological polar surface area (TPSA) is 38.7 Å². The van der Waals surface area contributed by atoms with E-state index in [9.17, 15) is 0 Å². The molecule has 0 bridgehead atoms. The molecule has 2 aliphatic rings. The summed E-state index contributed by atoms with van der Waals surface area (Å²) in [5.41, 5.74) is 0.926. The minimum atomic E-state index is 0.926. The van der Waals surface area contributed by atoms with Crippen LogP contribution in [0.4, 0.5) is 0 Å². The lowest BCUT2D eigenvalue weighted by molar-refractivity contribution is 0.928. The van der Waals surface area contributed by atoms with Gasteiger partial charge in [-0.3, -0.25) is 0 Å². The summed E-state index contributed by atoms with van der Waals surface area (Å²) < 4.78 is 3.67. The fourth-order valence-electron chi connectivity index (χ4n) is 0.683. The number of hydrogen-bond donors (Lipinski definition) is 0. The third-order valence-corrected chi connectivity index (χ3v) is 1.78. The molecule has 4 heteroatoms. The summed E-state index contributed by atoms with van der Waals surface area (Å²) in [5, 5.41) is 7.29. The first-order valence-corrected chi connectivity index (χ1v) is 3.28. The lowest BCUT2D eigenvalue weighted by Crippen LogP contribution is -1.83. The summed E-state index contributed by atoms with van der Waals surface area (Å²) in [6, 6.07) is 5.83. The highest BCUT2D eigenvalue weighted by Crippen LogP contribution is 2.20. The molecule has 2 rings (SSSR count). The molecule has 0 fully saturated rings. The van der Waals surface area contributed by atoms with Crippen molar-refractivity contribution >= 4 is 11.5 Å². The van der Waals surface area contributed by atoms with E-state index in [1.54, 1.807) is 0 Å². The summed E-state index contributed by atoms with van der Waals surface area (Å²) in [4.78, 5) is 1.09. The highest BCUT2D eigenvalue weighted by Gasteiger charge is 2.01. The van der Waals surface area contributed by atoms with Crippen LogP contribution in [-0.2, 0) is 0 Å². The molecule has 0 saturated heterocycles. The van der Waals surface area contributed by atoms with Crippen LogP contribution in [-0.4, -0.2) is 14.8 Å². The van der Waals surface area contributed by atoms with Gasteiger partial charge in [-0.15, -0.1) is 5.10 Å². The molecule has 0 aromatic heterocycles. The third-order valence-electron chi connectivity index (χ3n) is 1.08.